The summed E-state index contributed by atoms with van der Waals surface area (Å²) in [6.45, 7) is 1.62. The van der Waals surface area contributed by atoms with Crippen LogP contribution < -0.4 is 5.73 Å². The molecule has 0 aromatic heterocycles. The monoisotopic (exact) mass is 143 g/mol. The molecule has 0 bridgehead atoms. The van der Waals surface area contributed by atoms with Gasteiger partial charge in [0.25, 0.3) is 0 Å². The summed E-state index contributed by atoms with van der Waals surface area (Å²) in [6.07, 6.45) is 1.71. The third-order valence-electron chi connectivity index (χ3n) is 1.88. The number of ether oxygens (including phenoxy) is 1. The minimum atomic E-state index is 0.179. The van der Waals surface area contributed by atoms with E-state index < -0.39 is 0 Å². The number of nitrogens with two attached hydrogens (primary N) is 1. The molecule has 3 nitrogen and oxygen atoms in total. The van der Waals surface area contributed by atoms with Crippen LogP contribution in [0.15, 0.2) is 0 Å². The first-order valence-corrected chi connectivity index (χ1v) is 3.65. The summed E-state index contributed by atoms with van der Waals surface area (Å²) < 4.78 is 5.10. The van der Waals surface area contributed by atoms with Crippen LogP contribution in [0.3, 0.4) is 0 Å². The highest BCUT2D eigenvalue weighted by Gasteiger charge is 2.19. The maximum absolute atomic E-state index is 11.0. The fourth-order valence-corrected chi connectivity index (χ4v) is 1.19. The second-order valence-electron chi connectivity index (χ2n) is 2.56. The largest absolute Gasteiger partial charge is 0.381 e. The number of hydrogen-bond donors (Lipinski definition) is 1. The summed E-state index contributed by atoms with van der Waals surface area (Å²) in [4.78, 5) is 11.0. The van der Waals surface area contributed by atoms with Gasteiger partial charge in [0, 0.05) is 19.1 Å². The zero-order valence-electron chi connectivity index (χ0n) is 6.01. The highest BCUT2D eigenvalue weighted by atomic mass is 16.5. The molecule has 1 aliphatic heterocycles. The minimum absolute atomic E-state index is 0.179. The van der Waals surface area contributed by atoms with Gasteiger partial charge in [-0.15, -0.1) is 0 Å². The molecular weight excluding hydrogens is 130 g/mol. The first kappa shape index (κ1) is 7.69. The third-order valence-corrected chi connectivity index (χ3v) is 1.88. The fraction of sp³-hybridized carbons (Fsp3) is 0.857. The molecule has 0 amide bonds. The van der Waals surface area contributed by atoms with Crippen LogP contribution in [0.1, 0.15) is 12.8 Å². The number of ketones is 1. The van der Waals surface area contributed by atoms with Crippen molar-refractivity contribution in [1.29, 1.82) is 0 Å². The van der Waals surface area contributed by atoms with Gasteiger partial charge in [0.15, 0.2) is 0 Å². The summed E-state index contributed by atoms with van der Waals surface area (Å²) in [5.74, 6) is 0.363. The SMILES string of the molecule is NCC(=O)C1CCOCC1. The Labute approximate surface area is 60.5 Å². The molecule has 0 radical (unpaired) electrons. The molecular formula is C7H13NO2. The molecule has 1 saturated heterocycles. The molecule has 0 aromatic carbocycles. The van der Waals surface area contributed by atoms with Crippen LogP contribution in [-0.4, -0.2) is 25.5 Å². The number of carbonyl (C=O) groups excluding carboxylic acids is 1. The zero-order valence-corrected chi connectivity index (χ0v) is 6.01. The van der Waals surface area contributed by atoms with Gasteiger partial charge >= 0.3 is 0 Å². The normalized spacial score (nSPS) is 20.9. The molecule has 58 valence electrons. The van der Waals surface area contributed by atoms with E-state index in [-0.39, 0.29) is 18.2 Å². The summed E-state index contributed by atoms with van der Waals surface area (Å²) in [5.41, 5.74) is 5.21. The van der Waals surface area contributed by atoms with Crippen molar-refractivity contribution in [1.82, 2.24) is 0 Å². The zero-order chi connectivity index (χ0) is 7.40. The fourth-order valence-electron chi connectivity index (χ4n) is 1.19. The van der Waals surface area contributed by atoms with Crippen molar-refractivity contribution in [3.8, 4) is 0 Å². The first-order chi connectivity index (χ1) is 4.84. The molecule has 10 heavy (non-hydrogen) atoms. The van der Waals surface area contributed by atoms with E-state index in [4.69, 9.17) is 10.5 Å². The summed E-state index contributed by atoms with van der Waals surface area (Å²) in [6, 6.07) is 0. The molecule has 0 aliphatic carbocycles. The molecule has 0 unspecified atom stereocenters. The molecule has 0 aromatic rings. The van der Waals surface area contributed by atoms with Crippen molar-refractivity contribution in [2.45, 2.75) is 12.8 Å². The number of carbonyl (C=O) groups is 1. The van der Waals surface area contributed by atoms with Crippen LogP contribution in [0.5, 0.6) is 0 Å². The van der Waals surface area contributed by atoms with Crippen LogP contribution in [-0.2, 0) is 9.53 Å². The van der Waals surface area contributed by atoms with Gasteiger partial charge in [-0.1, -0.05) is 0 Å². The Morgan fingerprint density at radius 1 is 1.50 bits per heavy atom. The Morgan fingerprint density at radius 2 is 2.10 bits per heavy atom. The Balaban J connectivity index is 2.31. The summed E-state index contributed by atoms with van der Waals surface area (Å²) in [5, 5.41) is 0. The second-order valence-corrected chi connectivity index (χ2v) is 2.56. The molecule has 1 heterocycles. The van der Waals surface area contributed by atoms with Crippen LogP contribution in [0, 0.1) is 5.92 Å². The van der Waals surface area contributed by atoms with Gasteiger partial charge in [0.1, 0.15) is 5.78 Å². The average molecular weight is 143 g/mol. The second kappa shape index (κ2) is 3.68. The standard InChI is InChI=1S/C7H13NO2/c8-5-7(9)6-1-3-10-4-2-6/h6H,1-5,8H2. The van der Waals surface area contributed by atoms with Crippen molar-refractivity contribution >= 4 is 5.78 Å². The van der Waals surface area contributed by atoms with E-state index in [1.54, 1.807) is 0 Å². The minimum Gasteiger partial charge on any atom is -0.381 e. The van der Waals surface area contributed by atoms with Crippen molar-refractivity contribution in [2.24, 2.45) is 11.7 Å². The number of rotatable bonds is 2. The molecule has 1 rings (SSSR count). The first-order valence-electron chi connectivity index (χ1n) is 3.65. The van der Waals surface area contributed by atoms with Gasteiger partial charge in [0.05, 0.1) is 6.54 Å². The van der Waals surface area contributed by atoms with Gasteiger partial charge < -0.3 is 10.5 Å². The Hall–Kier alpha value is -0.410. The van der Waals surface area contributed by atoms with E-state index in [1.165, 1.54) is 0 Å². The van der Waals surface area contributed by atoms with Gasteiger partial charge in [0.2, 0.25) is 0 Å². The highest BCUT2D eigenvalue weighted by molar-refractivity contribution is 5.82. The van der Waals surface area contributed by atoms with E-state index in [9.17, 15) is 4.79 Å². The maximum Gasteiger partial charge on any atom is 0.149 e. The number of Topliss-reactive ketones (excluding diaryl/α,β-unsaturated/α-hetero) is 1. The van der Waals surface area contributed by atoms with Crippen molar-refractivity contribution in [3.63, 3.8) is 0 Å². The Bertz CT molecular complexity index is 119. The molecule has 1 fully saturated rings. The van der Waals surface area contributed by atoms with Crippen molar-refractivity contribution in [2.75, 3.05) is 19.8 Å². The average Bonchev–Trinajstić information content (AvgIpc) is 2.05. The van der Waals surface area contributed by atoms with E-state index >= 15 is 0 Å². The van der Waals surface area contributed by atoms with Crippen LogP contribution >= 0.6 is 0 Å². The molecule has 0 saturated carbocycles. The highest BCUT2D eigenvalue weighted by Crippen LogP contribution is 2.14. The molecule has 3 heteroatoms. The Morgan fingerprint density at radius 3 is 2.60 bits per heavy atom. The molecule has 0 spiro atoms. The number of hydrogen-bond acceptors (Lipinski definition) is 3. The molecule has 0 atom stereocenters. The maximum atomic E-state index is 11.0. The molecule has 1 aliphatic rings. The third kappa shape index (κ3) is 1.78. The predicted octanol–water partition coefficient (Wildman–Crippen LogP) is -0.0592. The lowest BCUT2D eigenvalue weighted by Crippen LogP contribution is -2.28. The lowest BCUT2D eigenvalue weighted by molar-refractivity contribution is -0.124. The van der Waals surface area contributed by atoms with Gasteiger partial charge in [-0.05, 0) is 12.8 Å². The van der Waals surface area contributed by atoms with E-state index in [1.807, 2.05) is 0 Å². The Kier molecular flexibility index (Phi) is 2.83. The van der Waals surface area contributed by atoms with Gasteiger partial charge in [-0.3, -0.25) is 4.79 Å². The van der Waals surface area contributed by atoms with E-state index in [2.05, 4.69) is 0 Å². The van der Waals surface area contributed by atoms with Crippen molar-refractivity contribution < 1.29 is 9.53 Å². The predicted molar refractivity (Wildman–Crippen MR) is 37.6 cm³/mol. The topological polar surface area (TPSA) is 52.3 Å². The molecule has 2 N–H and O–H groups in total. The lowest BCUT2D eigenvalue weighted by Gasteiger charge is -2.19. The lowest BCUT2D eigenvalue weighted by atomic mass is 9.96. The van der Waals surface area contributed by atoms with Crippen LogP contribution in [0.2, 0.25) is 0 Å². The van der Waals surface area contributed by atoms with Gasteiger partial charge in [-0.2, -0.15) is 0 Å². The summed E-state index contributed by atoms with van der Waals surface area (Å²) >= 11 is 0. The summed E-state index contributed by atoms with van der Waals surface area (Å²) in [7, 11) is 0. The van der Waals surface area contributed by atoms with Crippen LogP contribution in [0.25, 0.3) is 0 Å². The van der Waals surface area contributed by atoms with Crippen LogP contribution in [0.4, 0.5) is 0 Å². The van der Waals surface area contributed by atoms with E-state index in [0.29, 0.717) is 0 Å². The van der Waals surface area contributed by atoms with Crippen molar-refractivity contribution in [3.05, 3.63) is 0 Å². The smallest absolute Gasteiger partial charge is 0.149 e. The van der Waals surface area contributed by atoms with Gasteiger partial charge in [-0.25, -0.2) is 0 Å². The van der Waals surface area contributed by atoms with E-state index in [0.717, 1.165) is 26.1 Å². The quantitative estimate of drug-likeness (QED) is 0.589.